The Morgan fingerprint density at radius 2 is 2.00 bits per heavy atom. The van der Waals surface area contributed by atoms with Crippen LogP contribution in [-0.2, 0) is 23.0 Å². The van der Waals surface area contributed by atoms with Crippen LogP contribution in [0, 0.1) is 0 Å². The van der Waals surface area contributed by atoms with Gasteiger partial charge in [0.2, 0.25) is 10.0 Å². The highest BCUT2D eigenvalue weighted by atomic mass is 79.9. The number of amides is 1. The first-order valence-electron chi connectivity index (χ1n) is 7.82. The number of fused-ring (bicyclic) bond motifs is 1. The lowest BCUT2D eigenvalue weighted by atomic mass is 10.2. The predicted molar refractivity (Wildman–Crippen MR) is 102 cm³/mol. The van der Waals surface area contributed by atoms with Crippen LogP contribution in [0.4, 0.5) is 5.13 Å². The van der Waals surface area contributed by atoms with Crippen LogP contribution in [-0.4, -0.2) is 35.4 Å². The van der Waals surface area contributed by atoms with Gasteiger partial charge in [0.05, 0.1) is 10.9 Å². The Bertz CT molecular complexity index is 892. The van der Waals surface area contributed by atoms with Crippen molar-refractivity contribution in [1.29, 1.82) is 0 Å². The summed E-state index contributed by atoms with van der Waals surface area (Å²) in [7, 11) is -3.28. The van der Waals surface area contributed by atoms with Crippen LogP contribution < -0.4 is 5.32 Å². The van der Waals surface area contributed by atoms with Crippen molar-refractivity contribution < 1.29 is 13.2 Å². The third-order valence-electron chi connectivity index (χ3n) is 3.98. The topological polar surface area (TPSA) is 79.4 Å². The highest BCUT2D eigenvalue weighted by Crippen LogP contribution is 2.30. The second-order valence-corrected chi connectivity index (χ2v) is 10.5. The number of nitrogens with zero attached hydrogens (tertiary/aromatic N) is 2. The van der Waals surface area contributed by atoms with Gasteiger partial charge < -0.3 is 0 Å². The zero-order valence-electron chi connectivity index (χ0n) is 13.8. The normalized spacial score (nSPS) is 15.2. The van der Waals surface area contributed by atoms with Gasteiger partial charge in [0.15, 0.2) is 5.13 Å². The van der Waals surface area contributed by atoms with Gasteiger partial charge >= 0.3 is 0 Å². The Morgan fingerprint density at radius 1 is 1.32 bits per heavy atom. The molecule has 6 nitrogen and oxygen atoms in total. The third kappa shape index (κ3) is 3.94. The van der Waals surface area contributed by atoms with Gasteiger partial charge in [0.25, 0.3) is 5.91 Å². The third-order valence-corrected chi connectivity index (χ3v) is 7.73. The van der Waals surface area contributed by atoms with Gasteiger partial charge in [0.1, 0.15) is 0 Å². The number of hydrogen-bond donors (Lipinski definition) is 1. The Labute approximate surface area is 159 Å². The van der Waals surface area contributed by atoms with Crippen LogP contribution in [0.3, 0.4) is 0 Å². The van der Waals surface area contributed by atoms with Gasteiger partial charge in [-0.25, -0.2) is 13.4 Å². The Balaban J connectivity index is 1.74. The molecule has 1 aliphatic rings. The maximum absolute atomic E-state index is 12.3. The van der Waals surface area contributed by atoms with Crippen LogP contribution in [0.5, 0.6) is 0 Å². The number of sulfonamides is 1. The molecule has 0 atom stereocenters. The second-order valence-electron chi connectivity index (χ2n) is 6.03. The average Bonchev–Trinajstić information content (AvgIpc) is 2.96. The molecule has 0 saturated heterocycles. The van der Waals surface area contributed by atoms with E-state index >= 15 is 0 Å². The summed E-state index contributed by atoms with van der Waals surface area (Å²) in [5.41, 5.74) is 1.41. The van der Waals surface area contributed by atoms with E-state index in [0.717, 1.165) is 15.0 Å². The van der Waals surface area contributed by atoms with E-state index in [9.17, 15) is 13.2 Å². The molecular weight excluding hydrogens is 426 g/mol. The van der Waals surface area contributed by atoms with Gasteiger partial charge in [-0.15, -0.1) is 11.3 Å². The first kappa shape index (κ1) is 18.5. The minimum Gasteiger partial charge on any atom is -0.298 e. The van der Waals surface area contributed by atoms with Crippen molar-refractivity contribution in [2.24, 2.45) is 0 Å². The molecule has 0 radical (unpaired) electrons. The summed E-state index contributed by atoms with van der Waals surface area (Å²) < 4.78 is 27.1. The van der Waals surface area contributed by atoms with E-state index in [-0.39, 0.29) is 5.91 Å². The average molecular weight is 444 g/mol. The van der Waals surface area contributed by atoms with Crippen molar-refractivity contribution in [1.82, 2.24) is 9.29 Å². The van der Waals surface area contributed by atoms with Crippen LogP contribution in [0.15, 0.2) is 28.7 Å². The minimum atomic E-state index is -3.28. The van der Waals surface area contributed by atoms with Gasteiger partial charge in [-0.3, -0.25) is 10.1 Å². The van der Waals surface area contributed by atoms with Gasteiger partial charge in [-0.1, -0.05) is 15.9 Å². The fourth-order valence-electron chi connectivity index (χ4n) is 2.51. The van der Waals surface area contributed by atoms with Crippen molar-refractivity contribution in [3.05, 3.63) is 44.9 Å². The predicted octanol–water partition coefficient (Wildman–Crippen LogP) is 3.25. The second kappa shape index (κ2) is 7.14. The number of benzene rings is 1. The Morgan fingerprint density at radius 3 is 2.64 bits per heavy atom. The van der Waals surface area contributed by atoms with Crippen LogP contribution in [0.25, 0.3) is 0 Å². The van der Waals surface area contributed by atoms with E-state index in [1.54, 1.807) is 38.1 Å². The van der Waals surface area contributed by atoms with E-state index in [1.807, 2.05) is 0 Å². The maximum atomic E-state index is 12.3. The first-order chi connectivity index (χ1) is 11.8. The summed E-state index contributed by atoms with van der Waals surface area (Å²) in [5.74, 6) is -0.231. The molecule has 3 rings (SSSR count). The van der Waals surface area contributed by atoms with Crippen LogP contribution >= 0.6 is 27.3 Å². The van der Waals surface area contributed by atoms with E-state index in [0.29, 0.717) is 30.2 Å². The van der Waals surface area contributed by atoms with Crippen molar-refractivity contribution >= 4 is 48.3 Å². The summed E-state index contributed by atoms with van der Waals surface area (Å²) in [6.07, 6.45) is 0.561. The van der Waals surface area contributed by atoms with Gasteiger partial charge in [-0.05, 0) is 38.1 Å². The zero-order valence-corrected chi connectivity index (χ0v) is 17.0. The number of aromatic nitrogens is 1. The molecule has 1 N–H and O–H groups in total. The SMILES string of the molecule is CC(C)S(=O)(=O)N1CCc2nc(NC(=O)c3ccc(Br)cc3)sc2C1. The number of hydrogen-bond acceptors (Lipinski definition) is 5. The monoisotopic (exact) mass is 443 g/mol. The van der Waals surface area contributed by atoms with Crippen molar-refractivity contribution in [3.63, 3.8) is 0 Å². The molecule has 0 aliphatic carbocycles. The fraction of sp³-hybridized carbons (Fsp3) is 0.375. The number of rotatable bonds is 4. The van der Waals surface area contributed by atoms with Crippen molar-refractivity contribution in [2.45, 2.75) is 32.1 Å². The smallest absolute Gasteiger partial charge is 0.257 e. The summed E-state index contributed by atoms with van der Waals surface area (Å²) >= 11 is 4.67. The number of nitrogens with one attached hydrogen (secondary N) is 1. The Hall–Kier alpha value is -1.29. The lowest BCUT2D eigenvalue weighted by molar-refractivity contribution is 0.102. The van der Waals surface area contributed by atoms with Gasteiger partial charge in [-0.2, -0.15) is 4.31 Å². The zero-order chi connectivity index (χ0) is 18.2. The first-order valence-corrected chi connectivity index (χ1v) is 10.9. The molecule has 2 aromatic rings. The maximum Gasteiger partial charge on any atom is 0.257 e. The molecule has 0 unspecified atom stereocenters. The molecule has 1 aromatic carbocycles. The molecule has 0 bridgehead atoms. The largest absolute Gasteiger partial charge is 0.298 e. The molecule has 0 spiro atoms. The molecular formula is C16H18BrN3O3S2. The molecule has 1 aromatic heterocycles. The summed E-state index contributed by atoms with van der Waals surface area (Å²) in [5, 5.41) is 2.85. The summed E-state index contributed by atoms with van der Waals surface area (Å²) in [6, 6.07) is 7.06. The number of halogens is 1. The quantitative estimate of drug-likeness (QED) is 0.785. The van der Waals surface area contributed by atoms with E-state index in [2.05, 4.69) is 26.2 Å². The lowest BCUT2D eigenvalue weighted by Gasteiger charge is -2.26. The number of thiazole rings is 1. The summed E-state index contributed by atoms with van der Waals surface area (Å²) in [4.78, 5) is 17.6. The minimum absolute atomic E-state index is 0.231. The molecule has 0 fully saturated rings. The standard InChI is InChI=1S/C16H18BrN3O3S2/c1-10(2)25(22,23)20-8-7-13-14(9-20)24-16(18-13)19-15(21)11-3-5-12(17)6-4-11/h3-6,10H,7-9H2,1-2H3,(H,18,19,21). The van der Waals surface area contributed by atoms with Crippen LogP contribution in [0.1, 0.15) is 34.8 Å². The molecule has 9 heteroatoms. The van der Waals surface area contributed by atoms with Crippen molar-refractivity contribution in [3.8, 4) is 0 Å². The molecule has 1 aliphatic heterocycles. The number of carbonyl (C=O) groups is 1. The van der Waals surface area contributed by atoms with E-state index in [4.69, 9.17) is 0 Å². The number of carbonyl (C=O) groups excluding carboxylic acids is 1. The highest BCUT2D eigenvalue weighted by molar-refractivity contribution is 9.10. The van der Waals surface area contributed by atoms with Crippen molar-refractivity contribution in [2.75, 3.05) is 11.9 Å². The van der Waals surface area contributed by atoms with E-state index in [1.165, 1.54) is 15.6 Å². The number of anilines is 1. The molecule has 134 valence electrons. The van der Waals surface area contributed by atoms with E-state index < -0.39 is 15.3 Å². The molecule has 2 heterocycles. The summed E-state index contributed by atoms with van der Waals surface area (Å²) in [6.45, 7) is 4.11. The van der Waals surface area contributed by atoms with Crippen LogP contribution in [0.2, 0.25) is 0 Å². The highest BCUT2D eigenvalue weighted by Gasteiger charge is 2.31. The Kier molecular flexibility index (Phi) is 5.29. The lowest BCUT2D eigenvalue weighted by Crippen LogP contribution is -2.39. The molecule has 1 amide bonds. The molecule has 0 saturated carbocycles. The fourth-order valence-corrected chi connectivity index (χ4v) is 5.13. The molecule has 25 heavy (non-hydrogen) atoms. The van der Waals surface area contributed by atoms with Gasteiger partial charge in [0, 0.05) is 34.4 Å².